The van der Waals surface area contributed by atoms with Gasteiger partial charge in [0.1, 0.15) is 12.4 Å². The minimum absolute atomic E-state index is 0.135. The number of aldehydes is 1. The Labute approximate surface area is 101 Å². The first-order chi connectivity index (χ1) is 8.61. The quantitative estimate of drug-likeness (QED) is 0.246. The zero-order chi connectivity index (χ0) is 13.4. The normalized spacial score (nSPS) is 9.33. The topological polar surface area (TPSA) is 105 Å². The van der Waals surface area contributed by atoms with E-state index in [2.05, 4.69) is 9.57 Å². The van der Waals surface area contributed by atoms with Crippen LogP contribution in [0.4, 0.5) is 4.79 Å². The second kappa shape index (κ2) is 6.84. The first-order valence-corrected chi connectivity index (χ1v) is 4.76. The average Bonchev–Trinajstić information content (AvgIpc) is 2.34. The van der Waals surface area contributed by atoms with Gasteiger partial charge < -0.3 is 14.3 Å². The van der Waals surface area contributed by atoms with Gasteiger partial charge in [0.05, 0.1) is 0 Å². The molecule has 1 rings (SSSR count). The zero-order valence-electron chi connectivity index (χ0n) is 9.11. The van der Waals surface area contributed by atoms with Crippen molar-refractivity contribution in [3.8, 4) is 5.75 Å². The average molecular weight is 255 g/mol. The van der Waals surface area contributed by atoms with Crippen LogP contribution in [0.15, 0.2) is 24.3 Å². The van der Waals surface area contributed by atoms with Crippen LogP contribution < -0.4 is 4.74 Å². The van der Waals surface area contributed by atoms with Gasteiger partial charge >= 0.3 is 6.16 Å². The third-order valence-electron chi connectivity index (χ3n) is 1.71. The van der Waals surface area contributed by atoms with Gasteiger partial charge in [0.15, 0.2) is 12.9 Å². The maximum absolute atomic E-state index is 11.0. The van der Waals surface area contributed by atoms with Crippen LogP contribution in [-0.2, 0) is 21.0 Å². The molecular weight excluding hydrogens is 246 g/mol. The van der Waals surface area contributed by atoms with Crippen LogP contribution in [-0.4, -0.2) is 24.1 Å². The lowest BCUT2D eigenvalue weighted by Gasteiger charge is -2.05. The maximum atomic E-state index is 11.0. The summed E-state index contributed by atoms with van der Waals surface area (Å²) < 4.78 is 9.08. The fourth-order valence-electron chi connectivity index (χ4n) is 1.05. The smallest absolute Gasteiger partial charge is 0.426 e. The number of rotatable bonds is 6. The van der Waals surface area contributed by atoms with Crippen LogP contribution in [0.5, 0.6) is 5.75 Å². The molecule has 0 aliphatic carbocycles. The highest BCUT2D eigenvalue weighted by Gasteiger charge is 2.06. The molecule has 8 nitrogen and oxygen atoms in total. The van der Waals surface area contributed by atoms with Crippen LogP contribution in [0.25, 0.3) is 0 Å². The molecule has 0 saturated heterocycles. The van der Waals surface area contributed by atoms with Crippen LogP contribution in [0.2, 0.25) is 0 Å². The molecule has 0 aromatic heterocycles. The summed E-state index contributed by atoms with van der Waals surface area (Å²) in [6, 6.07) is 5.93. The predicted octanol–water partition coefficient (Wildman–Crippen LogP) is 1.11. The number of benzene rings is 1. The highest BCUT2D eigenvalue weighted by molar-refractivity contribution is 5.66. The Morgan fingerprint density at radius 1 is 1.44 bits per heavy atom. The Hall–Kier alpha value is -2.64. The Morgan fingerprint density at radius 3 is 2.89 bits per heavy atom. The van der Waals surface area contributed by atoms with E-state index in [-0.39, 0.29) is 12.4 Å². The van der Waals surface area contributed by atoms with E-state index < -0.39 is 17.8 Å². The van der Waals surface area contributed by atoms with E-state index in [4.69, 9.17) is 4.74 Å². The first kappa shape index (κ1) is 13.4. The molecule has 96 valence electrons. The fraction of sp³-hybridized carbons (Fsp3) is 0.200. The van der Waals surface area contributed by atoms with Crippen molar-refractivity contribution >= 4 is 12.4 Å². The van der Waals surface area contributed by atoms with Crippen molar-refractivity contribution < 1.29 is 29.0 Å². The highest BCUT2D eigenvalue weighted by Crippen LogP contribution is 2.14. The predicted molar refractivity (Wildman–Crippen MR) is 56.3 cm³/mol. The Balaban J connectivity index is 2.55. The molecule has 0 amide bonds. The molecule has 1 aromatic rings. The lowest BCUT2D eigenvalue weighted by molar-refractivity contribution is -0.763. The summed E-state index contributed by atoms with van der Waals surface area (Å²) in [5.74, 6) is 0.135. The largest absolute Gasteiger partial charge is 0.514 e. The van der Waals surface area contributed by atoms with Crippen LogP contribution >= 0.6 is 0 Å². The second-order valence-electron chi connectivity index (χ2n) is 2.97. The molecule has 0 fully saturated rings. The van der Waals surface area contributed by atoms with Crippen molar-refractivity contribution in [2.24, 2.45) is 0 Å². The second-order valence-corrected chi connectivity index (χ2v) is 2.97. The van der Waals surface area contributed by atoms with Gasteiger partial charge in [-0.05, 0) is 17.7 Å². The summed E-state index contributed by atoms with van der Waals surface area (Å²) in [5, 5.41) is 9.07. The van der Waals surface area contributed by atoms with Gasteiger partial charge in [0, 0.05) is 0 Å². The molecule has 0 saturated carbocycles. The van der Waals surface area contributed by atoms with Crippen molar-refractivity contribution in [2.75, 3.05) is 6.61 Å². The Morgan fingerprint density at radius 2 is 2.22 bits per heavy atom. The summed E-state index contributed by atoms with van der Waals surface area (Å²) in [5.41, 5.74) is 0.451. The summed E-state index contributed by atoms with van der Waals surface area (Å²) in [4.78, 5) is 35.1. The number of carbonyl (C=O) groups is 2. The molecule has 0 bridgehead atoms. The van der Waals surface area contributed by atoms with Gasteiger partial charge in [-0.2, -0.15) is 0 Å². The third kappa shape index (κ3) is 4.92. The number of nitrogens with zero attached hydrogens (tertiary/aromatic N) is 1. The Kier molecular flexibility index (Phi) is 5.10. The van der Waals surface area contributed by atoms with Crippen LogP contribution in [0, 0.1) is 10.1 Å². The SMILES string of the molecule is O=CCOC(=O)Oc1cccc(CO[N+](=O)[O-])c1. The van der Waals surface area contributed by atoms with Gasteiger partial charge in [0.25, 0.3) is 5.09 Å². The van der Waals surface area contributed by atoms with Gasteiger partial charge in [-0.15, -0.1) is 10.1 Å². The van der Waals surface area contributed by atoms with Gasteiger partial charge in [-0.25, -0.2) is 4.79 Å². The molecule has 1 aromatic carbocycles. The van der Waals surface area contributed by atoms with E-state index in [1.165, 1.54) is 18.2 Å². The summed E-state index contributed by atoms with van der Waals surface area (Å²) in [6.07, 6.45) is -0.628. The third-order valence-corrected chi connectivity index (χ3v) is 1.71. The van der Waals surface area contributed by atoms with Gasteiger partial charge in [0.2, 0.25) is 0 Å². The fourth-order valence-corrected chi connectivity index (χ4v) is 1.05. The molecule has 0 atom stereocenters. The van der Waals surface area contributed by atoms with Crippen LogP contribution in [0.1, 0.15) is 5.56 Å². The first-order valence-electron chi connectivity index (χ1n) is 4.76. The Bertz CT molecular complexity index is 446. The molecule has 0 radical (unpaired) electrons. The van der Waals surface area contributed by atoms with Gasteiger partial charge in [-0.1, -0.05) is 12.1 Å². The minimum Gasteiger partial charge on any atom is -0.426 e. The zero-order valence-corrected chi connectivity index (χ0v) is 9.11. The monoisotopic (exact) mass is 255 g/mol. The molecule has 18 heavy (non-hydrogen) atoms. The summed E-state index contributed by atoms with van der Waals surface area (Å²) >= 11 is 0. The standard InChI is InChI=1S/C10H9NO7/c12-4-5-16-10(13)18-9-3-1-2-8(6-9)7-17-11(14)15/h1-4,6H,5,7H2. The molecule has 8 heteroatoms. The minimum atomic E-state index is -1.03. The van der Waals surface area contributed by atoms with Gasteiger partial charge in [-0.3, -0.25) is 4.79 Å². The van der Waals surface area contributed by atoms with Crippen molar-refractivity contribution in [3.63, 3.8) is 0 Å². The summed E-state index contributed by atoms with van der Waals surface area (Å²) in [7, 11) is 0. The van der Waals surface area contributed by atoms with E-state index in [9.17, 15) is 19.7 Å². The molecular formula is C10H9NO7. The van der Waals surface area contributed by atoms with Crippen molar-refractivity contribution in [1.29, 1.82) is 0 Å². The molecule has 0 spiro atoms. The van der Waals surface area contributed by atoms with Crippen molar-refractivity contribution in [1.82, 2.24) is 0 Å². The molecule has 0 aliphatic rings. The summed E-state index contributed by atoms with van der Waals surface area (Å²) in [6.45, 7) is -0.656. The van der Waals surface area contributed by atoms with Crippen molar-refractivity contribution in [2.45, 2.75) is 6.61 Å². The van der Waals surface area contributed by atoms with E-state index in [0.717, 1.165) is 0 Å². The van der Waals surface area contributed by atoms with E-state index in [1.54, 1.807) is 6.07 Å². The molecule has 0 unspecified atom stereocenters. The van der Waals surface area contributed by atoms with E-state index >= 15 is 0 Å². The van der Waals surface area contributed by atoms with Crippen LogP contribution in [0.3, 0.4) is 0 Å². The lowest BCUT2D eigenvalue weighted by Crippen LogP contribution is -2.12. The van der Waals surface area contributed by atoms with E-state index in [0.29, 0.717) is 11.8 Å². The number of hydrogen-bond acceptors (Lipinski definition) is 7. The number of hydrogen-bond donors (Lipinski definition) is 0. The lowest BCUT2D eigenvalue weighted by atomic mass is 10.2. The molecule has 0 aliphatic heterocycles. The van der Waals surface area contributed by atoms with E-state index in [1.807, 2.05) is 0 Å². The highest BCUT2D eigenvalue weighted by atomic mass is 16.9. The number of carbonyl (C=O) groups excluding carboxylic acids is 2. The molecule has 0 N–H and O–H groups in total. The maximum Gasteiger partial charge on any atom is 0.514 e. The molecule has 0 heterocycles. The van der Waals surface area contributed by atoms with Crippen molar-refractivity contribution in [3.05, 3.63) is 39.9 Å². The number of ether oxygens (including phenoxy) is 2.